The Kier molecular flexibility index (Phi) is 4.99. The van der Waals surface area contributed by atoms with Gasteiger partial charge in [0.25, 0.3) is 0 Å². The summed E-state index contributed by atoms with van der Waals surface area (Å²) in [4.78, 5) is 20.9. The number of hydrogen-bond acceptors (Lipinski definition) is 3. The molecule has 1 aliphatic rings. The van der Waals surface area contributed by atoms with Gasteiger partial charge in [-0.1, -0.05) is 23.7 Å². The minimum Gasteiger partial charge on any atom is -0.398 e. The summed E-state index contributed by atoms with van der Waals surface area (Å²) in [7, 11) is 0. The molecule has 0 aromatic heterocycles. The van der Waals surface area contributed by atoms with Crippen LogP contribution in [0.2, 0.25) is 5.02 Å². The molecule has 1 aliphatic carbocycles. The summed E-state index contributed by atoms with van der Waals surface area (Å²) < 4.78 is 0. The SMILES string of the molecule is Nc1ccccc1Cl.O=C1CCCC(=O)C1. The Morgan fingerprint density at radius 3 is 1.94 bits per heavy atom. The Labute approximate surface area is 99.6 Å². The molecule has 1 saturated carbocycles. The first-order valence-electron chi connectivity index (χ1n) is 5.13. The first-order valence-corrected chi connectivity index (χ1v) is 5.51. The zero-order chi connectivity index (χ0) is 12.0. The molecular weight excluding hydrogens is 226 g/mol. The predicted molar refractivity (Wildman–Crippen MR) is 64.3 cm³/mol. The molecule has 0 spiro atoms. The average Bonchev–Trinajstić information content (AvgIpc) is 2.23. The van der Waals surface area contributed by atoms with Gasteiger partial charge in [-0.05, 0) is 18.6 Å². The summed E-state index contributed by atoms with van der Waals surface area (Å²) in [5, 5.41) is 0.618. The second kappa shape index (κ2) is 6.28. The van der Waals surface area contributed by atoms with E-state index in [0.29, 0.717) is 23.6 Å². The van der Waals surface area contributed by atoms with Crippen LogP contribution >= 0.6 is 11.6 Å². The molecule has 0 unspecified atom stereocenters. The molecule has 16 heavy (non-hydrogen) atoms. The number of nitrogens with two attached hydrogens (primary N) is 1. The molecule has 0 heterocycles. The predicted octanol–water partition coefficient (Wildman–Crippen LogP) is 2.62. The van der Waals surface area contributed by atoms with Crippen molar-refractivity contribution < 1.29 is 9.59 Å². The summed E-state index contributed by atoms with van der Waals surface area (Å²) in [5.41, 5.74) is 6.02. The lowest BCUT2D eigenvalue weighted by molar-refractivity contribution is -0.129. The van der Waals surface area contributed by atoms with Gasteiger partial charge in [0, 0.05) is 12.8 Å². The van der Waals surface area contributed by atoms with Crippen LogP contribution in [0.5, 0.6) is 0 Å². The van der Waals surface area contributed by atoms with E-state index in [0.717, 1.165) is 6.42 Å². The van der Waals surface area contributed by atoms with Gasteiger partial charge in [-0.15, -0.1) is 0 Å². The molecule has 2 N–H and O–H groups in total. The van der Waals surface area contributed by atoms with Crippen LogP contribution < -0.4 is 5.73 Å². The van der Waals surface area contributed by atoms with Crippen LogP contribution in [-0.2, 0) is 9.59 Å². The highest BCUT2D eigenvalue weighted by Gasteiger charge is 2.14. The highest BCUT2D eigenvalue weighted by atomic mass is 35.5. The maximum atomic E-state index is 10.5. The van der Waals surface area contributed by atoms with Gasteiger partial charge in [-0.25, -0.2) is 0 Å². The van der Waals surface area contributed by atoms with Crippen molar-refractivity contribution in [1.82, 2.24) is 0 Å². The van der Waals surface area contributed by atoms with Crippen molar-refractivity contribution in [2.45, 2.75) is 25.7 Å². The van der Waals surface area contributed by atoms with E-state index in [1.807, 2.05) is 12.1 Å². The van der Waals surface area contributed by atoms with Gasteiger partial charge in [-0.2, -0.15) is 0 Å². The molecule has 86 valence electrons. The number of halogens is 1. The van der Waals surface area contributed by atoms with Crippen molar-refractivity contribution >= 4 is 28.9 Å². The summed E-state index contributed by atoms with van der Waals surface area (Å²) >= 11 is 5.58. The molecule has 0 amide bonds. The molecule has 0 aliphatic heterocycles. The summed E-state index contributed by atoms with van der Waals surface area (Å²) in [6, 6.07) is 7.22. The molecule has 1 aromatic carbocycles. The van der Waals surface area contributed by atoms with Crippen LogP contribution in [0.25, 0.3) is 0 Å². The number of ketones is 2. The summed E-state index contributed by atoms with van der Waals surface area (Å²) in [6.45, 7) is 0. The lowest BCUT2D eigenvalue weighted by atomic mass is 9.98. The van der Waals surface area contributed by atoms with E-state index in [2.05, 4.69) is 0 Å². The summed E-state index contributed by atoms with van der Waals surface area (Å²) in [6.07, 6.45) is 2.20. The molecule has 0 radical (unpaired) electrons. The number of nitrogen functional groups attached to an aromatic ring is 1. The van der Waals surface area contributed by atoms with Gasteiger partial charge in [-0.3, -0.25) is 9.59 Å². The number of para-hydroxylation sites is 1. The molecule has 1 aromatic rings. The topological polar surface area (TPSA) is 60.2 Å². The van der Waals surface area contributed by atoms with Crippen LogP contribution in [0.15, 0.2) is 24.3 Å². The van der Waals surface area contributed by atoms with Crippen molar-refractivity contribution in [3.05, 3.63) is 29.3 Å². The van der Waals surface area contributed by atoms with E-state index in [4.69, 9.17) is 17.3 Å². The zero-order valence-corrected chi connectivity index (χ0v) is 9.67. The van der Waals surface area contributed by atoms with Crippen molar-refractivity contribution in [3.63, 3.8) is 0 Å². The normalized spacial score (nSPS) is 15.3. The monoisotopic (exact) mass is 239 g/mol. The van der Waals surface area contributed by atoms with Crippen molar-refractivity contribution in [2.24, 2.45) is 0 Å². The number of hydrogen-bond donors (Lipinski definition) is 1. The first-order chi connectivity index (χ1) is 7.59. The van der Waals surface area contributed by atoms with Crippen molar-refractivity contribution in [1.29, 1.82) is 0 Å². The highest BCUT2D eigenvalue weighted by Crippen LogP contribution is 2.15. The number of anilines is 1. The van der Waals surface area contributed by atoms with E-state index < -0.39 is 0 Å². The van der Waals surface area contributed by atoms with Crippen molar-refractivity contribution in [3.8, 4) is 0 Å². The Morgan fingerprint density at radius 2 is 1.62 bits per heavy atom. The minimum atomic E-state index is 0.112. The molecule has 0 bridgehead atoms. The van der Waals surface area contributed by atoms with E-state index in [-0.39, 0.29) is 18.0 Å². The largest absolute Gasteiger partial charge is 0.398 e. The first kappa shape index (κ1) is 12.7. The van der Waals surface area contributed by atoms with Crippen LogP contribution in [0.4, 0.5) is 5.69 Å². The Balaban J connectivity index is 0.000000160. The lowest BCUT2D eigenvalue weighted by Gasteiger charge is -2.04. The quantitative estimate of drug-likeness (QED) is 0.559. The van der Waals surface area contributed by atoms with Crippen LogP contribution in [0, 0.1) is 0 Å². The van der Waals surface area contributed by atoms with Gasteiger partial charge < -0.3 is 5.73 Å². The fourth-order valence-corrected chi connectivity index (χ4v) is 1.49. The Morgan fingerprint density at radius 1 is 1.06 bits per heavy atom. The smallest absolute Gasteiger partial charge is 0.140 e. The van der Waals surface area contributed by atoms with E-state index in [1.54, 1.807) is 12.1 Å². The molecule has 1 fully saturated rings. The summed E-state index contributed by atoms with van der Waals surface area (Å²) in [5.74, 6) is 0.225. The van der Waals surface area contributed by atoms with E-state index in [1.165, 1.54) is 0 Å². The van der Waals surface area contributed by atoms with Crippen LogP contribution in [0.3, 0.4) is 0 Å². The second-order valence-corrected chi connectivity index (χ2v) is 4.04. The number of Topliss-reactive ketones (excluding diaryl/α,β-unsaturated/α-hetero) is 2. The minimum absolute atomic E-state index is 0.112. The number of benzene rings is 1. The number of rotatable bonds is 0. The third kappa shape index (κ3) is 4.45. The highest BCUT2D eigenvalue weighted by molar-refractivity contribution is 6.33. The fraction of sp³-hybridized carbons (Fsp3) is 0.333. The molecule has 3 nitrogen and oxygen atoms in total. The average molecular weight is 240 g/mol. The Hall–Kier alpha value is -1.35. The van der Waals surface area contributed by atoms with Gasteiger partial charge in [0.1, 0.15) is 11.6 Å². The second-order valence-electron chi connectivity index (χ2n) is 3.63. The third-order valence-electron chi connectivity index (χ3n) is 2.21. The fourth-order valence-electron chi connectivity index (χ4n) is 1.35. The Bertz CT molecular complexity index is 355. The van der Waals surface area contributed by atoms with Crippen molar-refractivity contribution in [2.75, 3.05) is 5.73 Å². The maximum absolute atomic E-state index is 10.5. The molecule has 0 saturated heterocycles. The molecule has 2 rings (SSSR count). The van der Waals surface area contributed by atoms with Crippen LogP contribution in [-0.4, -0.2) is 11.6 Å². The van der Waals surface area contributed by atoms with Gasteiger partial charge in [0.05, 0.1) is 17.1 Å². The van der Waals surface area contributed by atoms with E-state index >= 15 is 0 Å². The molecule has 4 heteroatoms. The zero-order valence-electron chi connectivity index (χ0n) is 8.91. The van der Waals surface area contributed by atoms with Gasteiger partial charge >= 0.3 is 0 Å². The molecule has 0 atom stereocenters. The molecular formula is C12H14ClNO2. The van der Waals surface area contributed by atoms with E-state index in [9.17, 15) is 9.59 Å². The van der Waals surface area contributed by atoms with Crippen LogP contribution in [0.1, 0.15) is 25.7 Å². The number of carbonyl (C=O) groups is 2. The third-order valence-corrected chi connectivity index (χ3v) is 2.55. The van der Waals surface area contributed by atoms with Gasteiger partial charge in [0.2, 0.25) is 0 Å². The lowest BCUT2D eigenvalue weighted by Crippen LogP contribution is -2.13. The maximum Gasteiger partial charge on any atom is 0.140 e. The van der Waals surface area contributed by atoms with Gasteiger partial charge in [0.15, 0.2) is 0 Å². The standard InChI is InChI=1S/C6H6ClN.C6H8O2/c7-5-3-1-2-4-6(5)8;7-5-2-1-3-6(8)4-5/h1-4H,8H2;1-4H2. The number of carbonyl (C=O) groups excluding carboxylic acids is 2.